The first-order valence-corrected chi connectivity index (χ1v) is 9.15. The number of carbonyl (C=O) groups excluding carboxylic acids is 1. The molecule has 3 aliphatic heterocycles. The number of nitrogens with one attached hydrogen (secondary N) is 2. The maximum atomic E-state index is 11.8. The van der Waals surface area contributed by atoms with Gasteiger partial charge < -0.3 is 10.1 Å². The third-order valence-corrected chi connectivity index (χ3v) is 6.30. The second kappa shape index (κ2) is 5.31. The Hall–Kier alpha value is -1.88. The summed E-state index contributed by atoms with van der Waals surface area (Å²) in [5.41, 5.74) is 6.22. The van der Waals surface area contributed by atoms with E-state index in [1.165, 1.54) is 5.56 Å². The Morgan fingerprint density at radius 2 is 1.96 bits per heavy atom. The molecule has 5 rings (SSSR count). The number of hydrogen-bond acceptors (Lipinski definition) is 4. The van der Waals surface area contributed by atoms with E-state index < -0.39 is 0 Å². The van der Waals surface area contributed by atoms with Crippen LogP contribution in [0.15, 0.2) is 23.3 Å². The molecule has 5 nitrogen and oxygen atoms in total. The van der Waals surface area contributed by atoms with Crippen LogP contribution < -0.4 is 15.5 Å². The van der Waals surface area contributed by atoms with Crippen LogP contribution >= 0.6 is 0 Å². The van der Waals surface area contributed by atoms with Crippen molar-refractivity contribution in [2.45, 2.75) is 44.1 Å². The normalized spacial score (nSPS) is 30.3. The molecule has 3 heterocycles. The van der Waals surface area contributed by atoms with Crippen LogP contribution in [-0.4, -0.2) is 30.3 Å². The van der Waals surface area contributed by atoms with Gasteiger partial charge in [-0.25, -0.2) is 5.43 Å². The fourth-order valence-electron chi connectivity index (χ4n) is 4.62. The van der Waals surface area contributed by atoms with Crippen molar-refractivity contribution in [1.82, 2.24) is 10.7 Å². The molecular formula is C19H23N3O2. The molecule has 1 aliphatic carbocycles. The van der Waals surface area contributed by atoms with Crippen LogP contribution in [0.5, 0.6) is 5.75 Å². The van der Waals surface area contributed by atoms with Crippen molar-refractivity contribution in [3.05, 3.63) is 29.3 Å². The molecule has 1 amide bonds. The second-order valence-electron chi connectivity index (χ2n) is 7.62. The van der Waals surface area contributed by atoms with E-state index >= 15 is 0 Å². The Balaban J connectivity index is 1.42. The third-order valence-electron chi connectivity index (χ3n) is 6.30. The van der Waals surface area contributed by atoms with Crippen molar-refractivity contribution < 1.29 is 9.53 Å². The minimum Gasteiger partial charge on any atom is -0.487 e. The summed E-state index contributed by atoms with van der Waals surface area (Å²) in [4.78, 5) is 11.8. The first-order valence-electron chi connectivity index (χ1n) is 9.15. The molecule has 1 spiro atoms. The summed E-state index contributed by atoms with van der Waals surface area (Å²) in [6.07, 6.45) is 6.41. The monoisotopic (exact) mass is 325 g/mol. The number of hydrogen-bond donors (Lipinski definition) is 2. The van der Waals surface area contributed by atoms with E-state index in [0.29, 0.717) is 5.92 Å². The lowest BCUT2D eigenvalue weighted by molar-refractivity contribution is -0.129. The molecule has 0 bridgehead atoms. The molecule has 2 unspecified atom stereocenters. The largest absolute Gasteiger partial charge is 0.487 e. The van der Waals surface area contributed by atoms with E-state index in [-0.39, 0.29) is 17.4 Å². The summed E-state index contributed by atoms with van der Waals surface area (Å²) in [7, 11) is 0. The summed E-state index contributed by atoms with van der Waals surface area (Å²) in [5, 5.41) is 7.78. The maximum Gasteiger partial charge on any atom is 0.243 e. The standard InChI is InChI=1S/C19H23N3O2/c23-18-15-3-2-14(15)17(21-22-18)13-1-4-16-12(11-13)5-6-19(24-16)7-9-20-10-8-19/h1,4,11,14-15,20H,2-3,5-10H2,(H,22,23). The van der Waals surface area contributed by atoms with Crippen molar-refractivity contribution in [3.8, 4) is 5.75 Å². The number of carbonyl (C=O) groups is 1. The molecule has 24 heavy (non-hydrogen) atoms. The predicted molar refractivity (Wildman–Crippen MR) is 91.1 cm³/mol. The Labute approximate surface area is 141 Å². The highest BCUT2D eigenvalue weighted by atomic mass is 16.5. The number of amides is 1. The van der Waals surface area contributed by atoms with Crippen molar-refractivity contribution in [2.24, 2.45) is 16.9 Å². The molecule has 0 aromatic heterocycles. The Bertz CT molecular complexity index is 721. The zero-order valence-corrected chi connectivity index (χ0v) is 13.8. The van der Waals surface area contributed by atoms with Gasteiger partial charge in [0.05, 0.1) is 5.71 Å². The number of hydrazone groups is 1. The van der Waals surface area contributed by atoms with Gasteiger partial charge in [-0.3, -0.25) is 4.79 Å². The zero-order chi connectivity index (χ0) is 16.1. The van der Waals surface area contributed by atoms with Crippen molar-refractivity contribution in [1.29, 1.82) is 0 Å². The smallest absolute Gasteiger partial charge is 0.243 e. The van der Waals surface area contributed by atoms with Gasteiger partial charge in [-0.1, -0.05) is 0 Å². The van der Waals surface area contributed by atoms with Gasteiger partial charge in [-0.2, -0.15) is 5.10 Å². The number of rotatable bonds is 1. The summed E-state index contributed by atoms with van der Waals surface area (Å²) >= 11 is 0. The highest BCUT2D eigenvalue weighted by Gasteiger charge is 2.43. The lowest BCUT2D eigenvalue weighted by atomic mass is 9.68. The molecule has 2 N–H and O–H groups in total. The van der Waals surface area contributed by atoms with E-state index in [1.54, 1.807) is 0 Å². The lowest BCUT2D eigenvalue weighted by Gasteiger charge is -2.42. The van der Waals surface area contributed by atoms with Crippen LogP contribution in [-0.2, 0) is 11.2 Å². The first-order chi connectivity index (χ1) is 11.7. The van der Waals surface area contributed by atoms with E-state index in [4.69, 9.17) is 4.74 Å². The van der Waals surface area contributed by atoms with Gasteiger partial charge in [0, 0.05) is 11.8 Å². The zero-order valence-electron chi connectivity index (χ0n) is 13.8. The summed E-state index contributed by atoms with van der Waals surface area (Å²) in [6.45, 7) is 2.10. The Morgan fingerprint density at radius 3 is 2.75 bits per heavy atom. The molecular weight excluding hydrogens is 302 g/mol. The van der Waals surface area contributed by atoms with E-state index in [1.807, 2.05) is 0 Å². The van der Waals surface area contributed by atoms with Gasteiger partial charge in [-0.05, 0) is 80.9 Å². The average Bonchev–Trinajstić information content (AvgIpc) is 2.57. The van der Waals surface area contributed by atoms with Gasteiger partial charge in [-0.15, -0.1) is 0 Å². The van der Waals surface area contributed by atoms with Gasteiger partial charge in [0.1, 0.15) is 11.4 Å². The van der Waals surface area contributed by atoms with Crippen LogP contribution in [0.3, 0.4) is 0 Å². The topological polar surface area (TPSA) is 62.7 Å². The highest BCUT2D eigenvalue weighted by molar-refractivity contribution is 6.07. The van der Waals surface area contributed by atoms with Gasteiger partial charge in [0.2, 0.25) is 5.91 Å². The second-order valence-corrected chi connectivity index (χ2v) is 7.62. The number of benzene rings is 1. The van der Waals surface area contributed by atoms with E-state index in [0.717, 1.165) is 68.6 Å². The van der Waals surface area contributed by atoms with Gasteiger partial charge >= 0.3 is 0 Å². The fraction of sp³-hybridized carbons (Fsp3) is 0.579. The molecule has 0 radical (unpaired) electrons. The summed E-state index contributed by atoms with van der Waals surface area (Å²) < 4.78 is 6.43. The summed E-state index contributed by atoms with van der Waals surface area (Å²) in [6, 6.07) is 6.46. The minimum atomic E-state index is 0.0369. The van der Waals surface area contributed by atoms with Crippen molar-refractivity contribution >= 4 is 11.6 Å². The van der Waals surface area contributed by atoms with Crippen molar-refractivity contribution in [2.75, 3.05) is 13.1 Å². The minimum absolute atomic E-state index is 0.0369. The van der Waals surface area contributed by atoms with Crippen LogP contribution in [0, 0.1) is 11.8 Å². The molecule has 1 aromatic carbocycles. The molecule has 4 aliphatic rings. The molecule has 5 heteroatoms. The third kappa shape index (κ3) is 2.18. The van der Waals surface area contributed by atoms with Gasteiger partial charge in [0.25, 0.3) is 0 Å². The van der Waals surface area contributed by atoms with Crippen molar-refractivity contribution in [3.63, 3.8) is 0 Å². The Kier molecular flexibility index (Phi) is 3.20. The van der Waals surface area contributed by atoms with Crippen LogP contribution in [0.25, 0.3) is 0 Å². The maximum absolute atomic E-state index is 11.8. The van der Waals surface area contributed by atoms with Gasteiger partial charge in [0.15, 0.2) is 0 Å². The number of ether oxygens (including phenoxy) is 1. The molecule has 2 fully saturated rings. The quantitative estimate of drug-likeness (QED) is 0.830. The molecule has 126 valence electrons. The fourth-order valence-corrected chi connectivity index (χ4v) is 4.62. The molecule has 2 atom stereocenters. The number of fused-ring (bicyclic) bond motifs is 2. The summed E-state index contributed by atoms with van der Waals surface area (Å²) in [5.74, 6) is 1.56. The average molecular weight is 325 g/mol. The number of aryl methyl sites for hydroxylation is 1. The van der Waals surface area contributed by atoms with Crippen LogP contribution in [0.4, 0.5) is 0 Å². The SMILES string of the molecule is O=C1NN=C(c2ccc3c(c2)CCC2(CCNCC2)O3)C2CCC12. The number of nitrogens with zero attached hydrogens (tertiary/aromatic N) is 1. The first kappa shape index (κ1) is 14.5. The Morgan fingerprint density at radius 1 is 1.12 bits per heavy atom. The van der Waals surface area contributed by atoms with Crippen LogP contribution in [0.2, 0.25) is 0 Å². The molecule has 1 aromatic rings. The van der Waals surface area contributed by atoms with E-state index in [2.05, 4.69) is 34.0 Å². The predicted octanol–water partition coefficient (Wildman–Crippen LogP) is 1.99. The van der Waals surface area contributed by atoms with E-state index in [9.17, 15) is 4.79 Å². The number of piperidine rings is 1. The van der Waals surface area contributed by atoms with Crippen LogP contribution in [0.1, 0.15) is 43.2 Å². The lowest BCUT2D eigenvalue weighted by Crippen LogP contribution is -2.48. The molecule has 1 saturated carbocycles. The molecule has 1 saturated heterocycles. The highest BCUT2D eigenvalue weighted by Crippen LogP contribution is 2.42.